The van der Waals surface area contributed by atoms with Crippen LogP contribution in [0.3, 0.4) is 0 Å². The Morgan fingerprint density at radius 1 is 0.849 bits per heavy atom. The van der Waals surface area contributed by atoms with E-state index in [0.29, 0.717) is 23.7 Å². The Morgan fingerprint density at radius 3 is 2.00 bits per heavy atom. The molecule has 2 heterocycles. The molecule has 1 N–H and O–H groups in total. The second kappa shape index (κ2) is 17.6. The Hall–Kier alpha value is -3.12. The minimum absolute atomic E-state index is 0. The molecular formula is C46H63IrN2O3Si-. The van der Waals surface area contributed by atoms with Crippen LogP contribution < -0.4 is 5.19 Å². The maximum atomic E-state index is 12.3. The fraction of sp³-hybridized carbons (Fsp3) is 0.500. The molecule has 5 aromatic rings. The number of aromatic nitrogens is 2. The molecular weight excluding hydrogens is 849 g/mol. The van der Waals surface area contributed by atoms with Gasteiger partial charge in [0.25, 0.3) is 0 Å². The molecule has 0 saturated heterocycles. The van der Waals surface area contributed by atoms with Crippen LogP contribution in [0.15, 0.2) is 65.0 Å². The summed E-state index contributed by atoms with van der Waals surface area (Å²) >= 11 is 0. The van der Waals surface area contributed by atoms with E-state index in [9.17, 15) is 9.90 Å². The summed E-state index contributed by atoms with van der Waals surface area (Å²) in [7, 11) is -1.61. The first kappa shape index (κ1) is 44.3. The van der Waals surface area contributed by atoms with E-state index in [1.165, 1.54) is 27.8 Å². The summed E-state index contributed by atoms with van der Waals surface area (Å²) in [5.74, 6) is 1.63. The van der Waals surface area contributed by atoms with E-state index in [1.807, 2.05) is 0 Å². The van der Waals surface area contributed by atoms with Gasteiger partial charge in [-0.05, 0) is 60.1 Å². The Morgan fingerprint density at radius 2 is 1.45 bits per heavy atom. The van der Waals surface area contributed by atoms with Gasteiger partial charge in [0.1, 0.15) is 23.0 Å². The van der Waals surface area contributed by atoms with Crippen LogP contribution in [0.5, 0.6) is 0 Å². The molecule has 7 heteroatoms. The molecule has 3 aromatic carbocycles. The van der Waals surface area contributed by atoms with Crippen LogP contribution in [0.2, 0.25) is 19.6 Å². The third kappa shape index (κ3) is 10.8. The first-order valence-corrected chi connectivity index (χ1v) is 22.7. The number of benzene rings is 3. The van der Waals surface area contributed by atoms with Crippen LogP contribution in [0.1, 0.15) is 87.3 Å². The number of fused-ring (bicyclic) bond motifs is 4. The number of carbonyl (C=O) groups excluding carboxylic acids is 1. The Labute approximate surface area is 333 Å². The monoisotopic (exact) mass is 912 g/mol. The van der Waals surface area contributed by atoms with Gasteiger partial charge in [0.15, 0.2) is 5.78 Å². The zero-order chi connectivity index (χ0) is 38.9. The molecule has 0 aliphatic heterocycles. The molecule has 0 saturated carbocycles. The van der Waals surface area contributed by atoms with Crippen molar-refractivity contribution in [1.82, 2.24) is 9.97 Å². The molecule has 1 radical (unpaired) electrons. The number of ketones is 1. The molecule has 0 bridgehead atoms. The zero-order valence-corrected chi connectivity index (χ0v) is 38.3. The van der Waals surface area contributed by atoms with E-state index in [1.54, 1.807) is 6.33 Å². The van der Waals surface area contributed by atoms with Gasteiger partial charge in [0, 0.05) is 43.4 Å². The van der Waals surface area contributed by atoms with E-state index in [4.69, 9.17) is 4.42 Å². The van der Waals surface area contributed by atoms with Crippen molar-refractivity contribution < 1.29 is 34.4 Å². The minimum Gasteiger partial charge on any atom is -0.512 e. The minimum atomic E-state index is -1.61. The quantitative estimate of drug-likeness (QED) is 0.0654. The van der Waals surface area contributed by atoms with Crippen LogP contribution in [0.25, 0.3) is 44.1 Å². The molecule has 2 aromatic heterocycles. The Bertz CT molecular complexity index is 2050. The second-order valence-corrected chi connectivity index (χ2v) is 23.5. The maximum Gasteiger partial charge on any atom is 0.162 e. The van der Waals surface area contributed by atoms with Crippen LogP contribution in [-0.4, -0.2) is 28.9 Å². The fourth-order valence-electron chi connectivity index (χ4n) is 7.89. The number of carbonyl (C=O) groups is 1. The van der Waals surface area contributed by atoms with Gasteiger partial charge in [-0.1, -0.05) is 131 Å². The summed E-state index contributed by atoms with van der Waals surface area (Å²) in [6, 6.07) is 19.0. The molecule has 0 aliphatic carbocycles. The Kier molecular flexibility index (Phi) is 14.7. The second-order valence-electron chi connectivity index (χ2n) is 18.5. The molecule has 0 spiro atoms. The van der Waals surface area contributed by atoms with Gasteiger partial charge in [0.2, 0.25) is 0 Å². The van der Waals surface area contributed by atoms with Gasteiger partial charge < -0.3 is 9.52 Å². The predicted molar refractivity (Wildman–Crippen MR) is 224 cm³/mol. The first-order valence-electron chi connectivity index (χ1n) is 19.2. The number of hydrogen-bond acceptors (Lipinski definition) is 5. The summed E-state index contributed by atoms with van der Waals surface area (Å²) in [6.07, 6.45) is 4.13. The van der Waals surface area contributed by atoms with Crippen LogP contribution in [0.4, 0.5) is 0 Å². The average molecular weight is 912 g/mol. The summed E-state index contributed by atoms with van der Waals surface area (Å²) in [6.45, 7) is 32.7. The average Bonchev–Trinajstić information content (AvgIpc) is 3.36. The van der Waals surface area contributed by atoms with E-state index in [-0.39, 0.29) is 48.9 Å². The van der Waals surface area contributed by atoms with Gasteiger partial charge in [0.05, 0.1) is 19.5 Å². The largest absolute Gasteiger partial charge is 0.512 e. The van der Waals surface area contributed by atoms with E-state index >= 15 is 0 Å². The van der Waals surface area contributed by atoms with Crippen LogP contribution in [0, 0.1) is 53.9 Å². The normalized spacial score (nSPS) is 12.9. The van der Waals surface area contributed by atoms with Crippen molar-refractivity contribution in [3.8, 4) is 11.3 Å². The standard InChI is InChI=1S/C29H31N2OSi.C17H32O2.Ir/c1-18-8-10-20-14-21(15-25(23(20)12-18)33(5,6)7)26-28-27(31-17-30-26)22-11-9-19(13-24(22)32-28)16-29(2,3)4;1-10(2)16(11(3)4)14(18)9-15(19)17(12(5)6)13(7)8;/h8-13,15,17H,16H2,1-7H3;9-13,16-18H,1-8H3;/q-1;;/b;14-9-;. The summed E-state index contributed by atoms with van der Waals surface area (Å²) in [5.41, 5.74) is 7.04. The molecule has 5 nitrogen and oxygen atoms in total. The van der Waals surface area contributed by atoms with Crippen LogP contribution in [-0.2, 0) is 31.3 Å². The molecule has 5 rings (SSSR count). The predicted octanol–water partition coefficient (Wildman–Crippen LogP) is 12.3. The number of furan rings is 1. The van der Waals surface area contributed by atoms with Crippen molar-refractivity contribution in [2.75, 3.05) is 0 Å². The van der Waals surface area contributed by atoms with Crippen molar-refractivity contribution in [1.29, 1.82) is 0 Å². The molecule has 53 heavy (non-hydrogen) atoms. The van der Waals surface area contributed by atoms with Crippen molar-refractivity contribution in [3.05, 3.63) is 77.8 Å². The van der Waals surface area contributed by atoms with Gasteiger partial charge in [-0.15, -0.1) is 28.8 Å². The molecule has 0 fully saturated rings. The van der Waals surface area contributed by atoms with Gasteiger partial charge in [-0.3, -0.25) is 9.78 Å². The number of aryl methyl sites for hydroxylation is 1. The van der Waals surface area contributed by atoms with Gasteiger partial charge in [-0.25, -0.2) is 4.98 Å². The molecule has 0 amide bonds. The molecule has 0 atom stereocenters. The molecule has 0 aliphatic rings. The fourth-order valence-corrected chi connectivity index (χ4v) is 9.48. The third-order valence-corrected chi connectivity index (χ3v) is 12.0. The number of rotatable bonds is 10. The van der Waals surface area contributed by atoms with Crippen molar-refractivity contribution in [2.24, 2.45) is 40.9 Å². The van der Waals surface area contributed by atoms with Gasteiger partial charge in [-0.2, -0.15) is 0 Å². The number of aliphatic hydroxyl groups excluding tert-OH is 1. The first-order chi connectivity index (χ1) is 24.1. The number of nitrogens with zero attached hydrogens (tertiary/aromatic N) is 2. The molecule has 0 unspecified atom stereocenters. The van der Waals surface area contributed by atoms with E-state index in [2.05, 4.69) is 161 Å². The summed E-state index contributed by atoms with van der Waals surface area (Å²) in [5, 5.41) is 15.2. The third-order valence-electron chi connectivity index (χ3n) is 9.97. The SMILES string of the molecule is CC(C)C(C(=O)/C=C(\O)C(C(C)C)C(C)C)C(C)C.Cc1ccc2[c-]c(-c3ncnc4c3oc3cc(CC(C)(C)C)ccc34)cc([Si](C)(C)C)c2c1.[Ir]. The van der Waals surface area contributed by atoms with Gasteiger partial charge >= 0.3 is 0 Å². The van der Waals surface area contributed by atoms with E-state index < -0.39 is 8.07 Å². The number of allylic oxidation sites excluding steroid dienone is 2. The van der Waals surface area contributed by atoms with Crippen molar-refractivity contribution in [3.63, 3.8) is 0 Å². The zero-order valence-electron chi connectivity index (χ0n) is 34.9. The van der Waals surface area contributed by atoms with Crippen molar-refractivity contribution >= 4 is 51.9 Å². The Balaban J connectivity index is 0.000000327. The number of hydrogen-bond donors (Lipinski definition) is 1. The molecule has 289 valence electrons. The summed E-state index contributed by atoms with van der Waals surface area (Å²) < 4.78 is 6.42. The van der Waals surface area contributed by atoms with Crippen LogP contribution >= 0.6 is 0 Å². The summed E-state index contributed by atoms with van der Waals surface area (Å²) in [4.78, 5) is 21.6. The van der Waals surface area contributed by atoms with E-state index in [0.717, 1.165) is 45.1 Å². The number of aliphatic hydroxyl groups is 1. The smallest absolute Gasteiger partial charge is 0.162 e. The maximum absolute atomic E-state index is 12.3. The van der Waals surface area contributed by atoms with Crippen molar-refractivity contribution in [2.45, 2.75) is 109 Å². The topological polar surface area (TPSA) is 76.2 Å².